The van der Waals surface area contributed by atoms with Crippen molar-refractivity contribution in [1.29, 1.82) is 0 Å². The quantitative estimate of drug-likeness (QED) is 0.341. The minimum absolute atomic E-state index is 0.201. The van der Waals surface area contributed by atoms with Crippen LogP contribution < -0.4 is 9.80 Å². The van der Waals surface area contributed by atoms with E-state index in [-0.39, 0.29) is 12.5 Å². The van der Waals surface area contributed by atoms with E-state index < -0.39 is 11.1 Å². The Morgan fingerprint density at radius 3 is 2.20 bits per heavy atom. The molecular formula is C32H37N5O3S. The highest BCUT2D eigenvalue weighted by Crippen LogP contribution is 2.34. The van der Waals surface area contributed by atoms with Crippen molar-refractivity contribution in [2.45, 2.75) is 27.7 Å². The molecule has 0 aliphatic carbocycles. The summed E-state index contributed by atoms with van der Waals surface area (Å²) in [7, 11) is 0. The zero-order chi connectivity index (χ0) is 29.1. The van der Waals surface area contributed by atoms with Gasteiger partial charge in [0, 0.05) is 67.7 Å². The van der Waals surface area contributed by atoms with E-state index in [9.17, 15) is 14.4 Å². The van der Waals surface area contributed by atoms with Gasteiger partial charge < -0.3 is 19.3 Å². The first-order valence-electron chi connectivity index (χ1n) is 14.2. The maximum absolute atomic E-state index is 13.2. The average molecular weight is 572 g/mol. The topological polar surface area (TPSA) is 69.1 Å². The minimum atomic E-state index is -0.412. The summed E-state index contributed by atoms with van der Waals surface area (Å²) < 4.78 is 2.15. The molecular weight excluding hydrogens is 534 g/mol. The molecule has 0 saturated carbocycles. The van der Waals surface area contributed by atoms with Gasteiger partial charge in [0.15, 0.2) is 0 Å². The Morgan fingerprint density at radius 1 is 0.902 bits per heavy atom. The summed E-state index contributed by atoms with van der Waals surface area (Å²) in [5.74, 6) is -0.614. The van der Waals surface area contributed by atoms with Crippen molar-refractivity contribution >= 4 is 46.3 Å². The van der Waals surface area contributed by atoms with Gasteiger partial charge in [-0.2, -0.15) is 0 Å². The fourth-order valence-corrected chi connectivity index (χ4v) is 6.43. The Labute approximate surface area is 246 Å². The zero-order valence-corrected chi connectivity index (χ0v) is 25.0. The number of aryl methyl sites for hydroxylation is 1. The zero-order valence-electron chi connectivity index (χ0n) is 24.2. The van der Waals surface area contributed by atoms with Gasteiger partial charge in [-0.05, 0) is 93.6 Å². The molecule has 41 heavy (non-hydrogen) atoms. The molecule has 0 atom stereocenters. The highest BCUT2D eigenvalue weighted by atomic mass is 32.2. The minimum Gasteiger partial charge on any atom is -0.372 e. The first kappa shape index (κ1) is 28.5. The predicted octanol–water partition coefficient (Wildman–Crippen LogP) is 5.33. The van der Waals surface area contributed by atoms with Crippen LogP contribution in [0.1, 0.15) is 30.8 Å². The summed E-state index contributed by atoms with van der Waals surface area (Å²) in [6.45, 7) is 12.6. The molecule has 0 bridgehead atoms. The van der Waals surface area contributed by atoms with Crippen molar-refractivity contribution in [3.63, 3.8) is 0 Å². The Hall–Kier alpha value is -3.98. The number of amides is 3. The van der Waals surface area contributed by atoms with Gasteiger partial charge in [0.05, 0.1) is 4.91 Å². The Balaban J connectivity index is 1.25. The molecule has 3 aromatic rings. The maximum Gasteiger partial charge on any atom is 0.294 e. The molecule has 3 amide bonds. The van der Waals surface area contributed by atoms with Crippen LogP contribution >= 0.6 is 11.8 Å². The highest BCUT2D eigenvalue weighted by molar-refractivity contribution is 8.18. The Morgan fingerprint density at radius 2 is 1.56 bits per heavy atom. The van der Waals surface area contributed by atoms with E-state index in [2.05, 4.69) is 64.6 Å². The fourth-order valence-electron chi connectivity index (χ4n) is 5.60. The fraction of sp³-hybridized carbons (Fsp3) is 0.344. The smallest absolute Gasteiger partial charge is 0.294 e. The van der Waals surface area contributed by atoms with Gasteiger partial charge in [-0.15, -0.1) is 0 Å². The lowest BCUT2D eigenvalue weighted by molar-refractivity contribution is -0.136. The van der Waals surface area contributed by atoms with Gasteiger partial charge in [0.25, 0.3) is 11.1 Å². The third-order valence-corrected chi connectivity index (χ3v) is 8.82. The number of anilines is 2. The number of piperazine rings is 1. The number of para-hydroxylation sites is 1. The van der Waals surface area contributed by atoms with Gasteiger partial charge in [-0.3, -0.25) is 19.3 Å². The summed E-state index contributed by atoms with van der Waals surface area (Å²) in [6.07, 6.45) is 1.77. The number of carbonyl (C=O) groups is 3. The molecule has 2 aliphatic heterocycles. The third-order valence-electron chi connectivity index (χ3n) is 7.91. The van der Waals surface area contributed by atoms with Gasteiger partial charge in [0.2, 0.25) is 5.91 Å². The number of carbonyl (C=O) groups excluding carboxylic acids is 3. The SMILES string of the molecule is CCN(CC)c1ccc(-n2c(C)cc(/C=C3/SC(=O)N(CC(=O)N4CCN(c5ccccc5)CC4)C3=O)c2C)cc1. The molecule has 9 heteroatoms. The van der Waals surface area contributed by atoms with E-state index in [1.807, 2.05) is 38.1 Å². The van der Waals surface area contributed by atoms with Crippen LogP contribution in [0.15, 0.2) is 65.6 Å². The second-order valence-electron chi connectivity index (χ2n) is 10.3. The summed E-state index contributed by atoms with van der Waals surface area (Å²) in [5.41, 5.74) is 6.26. The lowest BCUT2D eigenvalue weighted by Gasteiger charge is -2.36. The van der Waals surface area contributed by atoms with Crippen molar-refractivity contribution in [2.75, 3.05) is 55.6 Å². The average Bonchev–Trinajstić information content (AvgIpc) is 3.42. The Kier molecular flexibility index (Phi) is 8.54. The number of thioether (sulfide) groups is 1. The monoisotopic (exact) mass is 571 g/mol. The normalized spacial score (nSPS) is 16.7. The van der Waals surface area contributed by atoms with Gasteiger partial charge in [0.1, 0.15) is 6.54 Å². The number of hydrogen-bond donors (Lipinski definition) is 0. The van der Waals surface area contributed by atoms with Crippen LogP contribution in [0.3, 0.4) is 0 Å². The molecule has 2 fully saturated rings. The van der Waals surface area contributed by atoms with Crippen molar-refractivity contribution in [3.8, 4) is 5.69 Å². The number of hydrogen-bond acceptors (Lipinski definition) is 6. The maximum atomic E-state index is 13.2. The number of aromatic nitrogens is 1. The van der Waals surface area contributed by atoms with Crippen molar-refractivity contribution in [2.24, 2.45) is 0 Å². The Bertz CT molecular complexity index is 1450. The molecule has 2 saturated heterocycles. The molecule has 0 spiro atoms. The molecule has 214 valence electrons. The number of rotatable bonds is 8. The van der Waals surface area contributed by atoms with Crippen molar-refractivity contribution < 1.29 is 14.4 Å². The standard InChI is InChI=1S/C32H37N5O3S/c1-5-33(6-2)27-12-14-28(15-13-27)37-23(3)20-25(24(37)4)21-29-31(39)36(32(40)41-29)22-30(38)35-18-16-34(17-19-35)26-10-8-7-9-11-26/h7-15,20-21H,5-6,16-19,22H2,1-4H3/b29-21+. The number of benzene rings is 2. The van der Waals surface area contributed by atoms with Crippen LogP contribution in [0, 0.1) is 13.8 Å². The first-order chi connectivity index (χ1) is 19.8. The van der Waals surface area contributed by atoms with Crippen molar-refractivity contribution in [3.05, 3.63) is 82.5 Å². The van der Waals surface area contributed by atoms with E-state index in [0.717, 1.165) is 58.1 Å². The van der Waals surface area contributed by atoms with Crippen LogP contribution in [0.5, 0.6) is 0 Å². The molecule has 0 radical (unpaired) electrons. The molecule has 2 aromatic carbocycles. The molecule has 3 heterocycles. The van der Waals surface area contributed by atoms with Gasteiger partial charge >= 0.3 is 0 Å². The summed E-state index contributed by atoms with van der Waals surface area (Å²) in [5, 5.41) is -0.404. The summed E-state index contributed by atoms with van der Waals surface area (Å²) in [4.78, 5) is 46.8. The molecule has 5 rings (SSSR count). The van der Waals surface area contributed by atoms with E-state index in [1.165, 1.54) is 5.69 Å². The number of imide groups is 1. The van der Waals surface area contributed by atoms with Crippen LogP contribution in [-0.4, -0.2) is 77.2 Å². The molecule has 2 aliphatic rings. The molecule has 1 aromatic heterocycles. The second-order valence-corrected chi connectivity index (χ2v) is 11.3. The molecule has 8 nitrogen and oxygen atoms in total. The van der Waals surface area contributed by atoms with E-state index >= 15 is 0 Å². The largest absolute Gasteiger partial charge is 0.372 e. The first-order valence-corrected chi connectivity index (χ1v) is 15.0. The van der Waals surface area contributed by atoms with E-state index in [4.69, 9.17) is 0 Å². The summed E-state index contributed by atoms with van der Waals surface area (Å²) >= 11 is 0.897. The van der Waals surface area contributed by atoms with Crippen LogP contribution in [0.25, 0.3) is 11.8 Å². The van der Waals surface area contributed by atoms with Gasteiger partial charge in [-0.1, -0.05) is 18.2 Å². The van der Waals surface area contributed by atoms with Crippen LogP contribution in [0.4, 0.5) is 16.2 Å². The third kappa shape index (κ3) is 5.91. The predicted molar refractivity (Wildman–Crippen MR) is 167 cm³/mol. The lowest BCUT2D eigenvalue weighted by Crippen LogP contribution is -2.51. The lowest BCUT2D eigenvalue weighted by atomic mass is 10.2. The van der Waals surface area contributed by atoms with Crippen LogP contribution in [-0.2, 0) is 9.59 Å². The van der Waals surface area contributed by atoms with Crippen LogP contribution in [0.2, 0.25) is 0 Å². The van der Waals surface area contributed by atoms with Crippen molar-refractivity contribution in [1.82, 2.24) is 14.4 Å². The summed E-state index contributed by atoms with van der Waals surface area (Å²) in [6, 6.07) is 20.6. The van der Waals surface area contributed by atoms with E-state index in [1.54, 1.807) is 11.0 Å². The van der Waals surface area contributed by atoms with Gasteiger partial charge in [-0.25, -0.2) is 0 Å². The molecule has 0 N–H and O–H groups in total. The van der Waals surface area contributed by atoms with E-state index in [0.29, 0.717) is 31.1 Å². The highest BCUT2D eigenvalue weighted by Gasteiger charge is 2.37. The number of nitrogens with zero attached hydrogens (tertiary/aromatic N) is 5. The second kappa shape index (κ2) is 12.3. The molecule has 0 unspecified atom stereocenters.